The van der Waals surface area contributed by atoms with Crippen molar-refractivity contribution in [1.29, 1.82) is 0 Å². The Morgan fingerprint density at radius 2 is 2.16 bits per heavy atom. The Kier molecular flexibility index (Phi) is 3.53. The maximum Gasteiger partial charge on any atom is 0.224 e. The second kappa shape index (κ2) is 5.31. The minimum Gasteiger partial charge on any atom is -0.326 e. The lowest BCUT2D eigenvalue weighted by atomic mass is 9.99. The predicted octanol–water partition coefficient (Wildman–Crippen LogP) is 1.02. The van der Waals surface area contributed by atoms with E-state index in [1.807, 2.05) is 6.07 Å². The number of hydrogen-bond donors (Lipinski definition) is 2. The molecule has 4 nitrogen and oxygen atoms in total. The molecule has 19 heavy (non-hydrogen) atoms. The third kappa shape index (κ3) is 2.80. The Morgan fingerprint density at radius 1 is 1.32 bits per heavy atom. The van der Waals surface area contributed by atoms with Crippen LogP contribution in [-0.2, 0) is 17.6 Å². The fourth-order valence-electron chi connectivity index (χ4n) is 2.67. The van der Waals surface area contributed by atoms with Crippen molar-refractivity contribution in [3.05, 3.63) is 29.3 Å². The third-order valence-electron chi connectivity index (χ3n) is 4.20. The number of anilines is 1. The zero-order valence-corrected chi connectivity index (χ0v) is 11.4. The van der Waals surface area contributed by atoms with E-state index in [1.54, 1.807) is 0 Å². The highest BCUT2D eigenvalue weighted by Gasteiger charge is 2.21. The van der Waals surface area contributed by atoms with E-state index in [-0.39, 0.29) is 5.91 Å². The fourth-order valence-corrected chi connectivity index (χ4v) is 2.67. The minimum absolute atomic E-state index is 0.137. The normalized spacial score (nSPS) is 18.9. The SMILES string of the molecule is CN(CCc1ccc2c(c1)CCC(=O)N2)C1CNC1. The van der Waals surface area contributed by atoms with Crippen LogP contribution < -0.4 is 10.6 Å². The first-order valence-corrected chi connectivity index (χ1v) is 7.05. The van der Waals surface area contributed by atoms with Crippen LogP contribution >= 0.6 is 0 Å². The van der Waals surface area contributed by atoms with Gasteiger partial charge in [0.15, 0.2) is 0 Å². The summed E-state index contributed by atoms with van der Waals surface area (Å²) in [7, 11) is 2.20. The van der Waals surface area contributed by atoms with Gasteiger partial charge in [0.05, 0.1) is 0 Å². The number of amides is 1. The van der Waals surface area contributed by atoms with Gasteiger partial charge in [-0.2, -0.15) is 0 Å². The highest BCUT2D eigenvalue weighted by atomic mass is 16.1. The molecule has 2 aliphatic heterocycles. The molecular formula is C15H21N3O. The van der Waals surface area contributed by atoms with Crippen molar-refractivity contribution in [3.63, 3.8) is 0 Å². The second-order valence-corrected chi connectivity index (χ2v) is 5.58. The van der Waals surface area contributed by atoms with E-state index in [0.29, 0.717) is 12.5 Å². The highest BCUT2D eigenvalue weighted by molar-refractivity contribution is 5.93. The lowest BCUT2D eigenvalue weighted by Gasteiger charge is -2.35. The molecule has 0 spiro atoms. The number of likely N-dealkylation sites (N-methyl/N-ethyl adjacent to an activating group) is 1. The van der Waals surface area contributed by atoms with E-state index in [1.165, 1.54) is 11.1 Å². The fraction of sp³-hybridized carbons (Fsp3) is 0.533. The molecule has 4 heteroatoms. The van der Waals surface area contributed by atoms with Crippen molar-refractivity contribution in [2.75, 3.05) is 32.0 Å². The summed E-state index contributed by atoms with van der Waals surface area (Å²) in [5.74, 6) is 0.137. The molecule has 2 heterocycles. The number of aryl methyl sites for hydroxylation is 1. The van der Waals surface area contributed by atoms with Crippen LogP contribution in [0.2, 0.25) is 0 Å². The van der Waals surface area contributed by atoms with Gasteiger partial charge in [-0.05, 0) is 37.1 Å². The first-order chi connectivity index (χ1) is 9.22. The Hall–Kier alpha value is -1.39. The number of hydrogen-bond acceptors (Lipinski definition) is 3. The zero-order chi connectivity index (χ0) is 13.2. The summed E-state index contributed by atoms with van der Waals surface area (Å²) < 4.78 is 0. The average Bonchev–Trinajstić information content (AvgIpc) is 2.34. The summed E-state index contributed by atoms with van der Waals surface area (Å²) in [6.07, 6.45) is 2.57. The molecule has 1 amide bonds. The predicted molar refractivity (Wildman–Crippen MR) is 76.4 cm³/mol. The van der Waals surface area contributed by atoms with Gasteiger partial charge in [0.1, 0.15) is 0 Å². The molecule has 102 valence electrons. The first kappa shape index (κ1) is 12.6. The molecular weight excluding hydrogens is 238 g/mol. The summed E-state index contributed by atoms with van der Waals surface area (Å²) in [5, 5.41) is 6.23. The lowest BCUT2D eigenvalue weighted by Crippen LogP contribution is -2.56. The molecule has 0 aromatic heterocycles. The molecule has 3 rings (SSSR count). The number of carbonyl (C=O) groups excluding carboxylic acids is 1. The van der Waals surface area contributed by atoms with Gasteiger partial charge in [0.2, 0.25) is 5.91 Å². The van der Waals surface area contributed by atoms with Gasteiger partial charge in [-0.1, -0.05) is 12.1 Å². The van der Waals surface area contributed by atoms with Crippen molar-refractivity contribution in [1.82, 2.24) is 10.2 Å². The highest BCUT2D eigenvalue weighted by Crippen LogP contribution is 2.23. The Balaban J connectivity index is 1.60. The van der Waals surface area contributed by atoms with Crippen molar-refractivity contribution < 1.29 is 4.79 Å². The van der Waals surface area contributed by atoms with Gasteiger partial charge >= 0.3 is 0 Å². The van der Waals surface area contributed by atoms with Crippen LogP contribution in [-0.4, -0.2) is 43.5 Å². The average molecular weight is 259 g/mol. The minimum atomic E-state index is 0.137. The smallest absolute Gasteiger partial charge is 0.224 e. The van der Waals surface area contributed by atoms with Gasteiger partial charge in [-0.15, -0.1) is 0 Å². The number of rotatable bonds is 4. The van der Waals surface area contributed by atoms with E-state index >= 15 is 0 Å². The zero-order valence-electron chi connectivity index (χ0n) is 11.4. The first-order valence-electron chi connectivity index (χ1n) is 7.05. The standard InChI is InChI=1S/C15H21N3O/c1-18(13-9-16-10-13)7-6-11-2-4-14-12(8-11)3-5-15(19)17-14/h2,4,8,13,16H,3,5-7,9-10H2,1H3,(H,17,19). The van der Waals surface area contributed by atoms with E-state index in [2.05, 4.69) is 34.7 Å². The number of nitrogens with one attached hydrogen (secondary N) is 2. The lowest BCUT2D eigenvalue weighted by molar-refractivity contribution is -0.116. The molecule has 1 fully saturated rings. The molecule has 0 radical (unpaired) electrons. The van der Waals surface area contributed by atoms with Crippen molar-refractivity contribution in [2.45, 2.75) is 25.3 Å². The molecule has 1 saturated heterocycles. The van der Waals surface area contributed by atoms with Crippen molar-refractivity contribution in [2.24, 2.45) is 0 Å². The largest absolute Gasteiger partial charge is 0.326 e. The summed E-state index contributed by atoms with van der Waals surface area (Å²) in [5.41, 5.74) is 3.65. The third-order valence-corrected chi connectivity index (χ3v) is 4.20. The second-order valence-electron chi connectivity index (χ2n) is 5.58. The van der Waals surface area contributed by atoms with Gasteiger partial charge < -0.3 is 15.5 Å². The summed E-state index contributed by atoms with van der Waals surface area (Å²) in [6, 6.07) is 7.14. The summed E-state index contributed by atoms with van der Waals surface area (Å²) >= 11 is 0. The Labute approximate surface area is 114 Å². The van der Waals surface area contributed by atoms with E-state index < -0.39 is 0 Å². The quantitative estimate of drug-likeness (QED) is 0.848. The molecule has 2 N–H and O–H groups in total. The van der Waals surface area contributed by atoms with E-state index in [4.69, 9.17) is 0 Å². The molecule has 0 unspecified atom stereocenters. The van der Waals surface area contributed by atoms with Crippen LogP contribution in [0.4, 0.5) is 5.69 Å². The maximum atomic E-state index is 11.3. The topological polar surface area (TPSA) is 44.4 Å². The van der Waals surface area contributed by atoms with Gasteiger partial charge in [0.25, 0.3) is 0 Å². The number of nitrogens with zero attached hydrogens (tertiary/aromatic N) is 1. The summed E-state index contributed by atoms with van der Waals surface area (Å²) in [4.78, 5) is 13.7. The van der Waals surface area contributed by atoms with Crippen molar-refractivity contribution in [3.8, 4) is 0 Å². The van der Waals surface area contributed by atoms with Crippen LogP contribution in [0.1, 0.15) is 17.5 Å². The molecule has 0 bridgehead atoms. The maximum absolute atomic E-state index is 11.3. The van der Waals surface area contributed by atoms with E-state index in [9.17, 15) is 4.79 Å². The molecule has 1 aromatic carbocycles. The molecule has 0 saturated carbocycles. The van der Waals surface area contributed by atoms with Crippen LogP contribution in [0, 0.1) is 0 Å². The van der Waals surface area contributed by atoms with Crippen LogP contribution in [0.3, 0.4) is 0 Å². The van der Waals surface area contributed by atoms with Crippen molar-refractivity contribution >= 4 is 11.6 Å². The Bertz CT molecular complexity index is 482. The van der Waals surface area contributed by atoms with Crippen LogP contribution in [0.25, 0.3) is 0 Å². The number of fused-ring (bicyclic) bond motifs is 1. The molecule has 0 aliphatic carbocycles. The Morgan fingerprint density at radius 3 is 2.89 bits per heavy atom. The monoisotopic (exact) mass is 259 g/mol. The molecule has 1 aromatic rings. The van der Waals surface area contributed by atoms with Gasteiger partial charge in [-0.25, -0.2) is 0 Å². The number of carbonyl (C=O) groups is 1. The van der Waals surface area contributed by atoms with Gasteiger partial charge in [0, 0.05) is 37.8 Å². The van der Waals surface area contributed by atoms with Crippen LogP contribution in [0.15, 0.2) is 18.2 Å². The molecule has 2 aliphatic rings. The van der Waals surface area contributed by atoms with E-state index in [0.717, 1.165) is 38.2 Å². The summed E-state index contributed by atoms with van der Waals surface area (Å²) in [6.45, 7) is 3.33. The van der Waals surface area contributed by atoms with Crippen LogP contribution in [0.5, 0.6) is 0 Å². The van der Waals surface area contributed by atoms with Gasteiger partial charge in [-0.3, -0.25) is 4.79 Å². The number of benzene rings is 1. The molecule has 0 atom stereocenters.